The summed E-state index contributed by atoms with van der Waals surface area (Å²) in [5.74, 6) is -3.30. The zero-order valence-electron chi connectivity index (χ0n) is 16.8. The van der Waals surface area contributed by atoms with Gasteiger partial charge in [-0.1, -0.05) is 12.1 Å². The van der Waals surface area contributed by atoms with E-state index >= 15 is 0 Å². The van der Waals surface area contributed by atoms with Crippen LogP contribution in [-0.2, 0) is 20.7 Å². The molecule has 1 amide bonds. The van der Waals surface area contributed by atoms with Crippen LogP contribution < -0.4 is 4.74 Å². The van der Waals surface area contributed by atoms with Crippen molar-refractivity contribution in [1.29, 1.82) is 0 Å². The molecule has 1 aromatic rings. The molecule has 2 rings (SSSR count). The van der Waals surface area contributed by atoms with Gasteiger partial charge in [0.25, 0.3) is 0 Å². The number of likely N-dealkylation sites (tertiary alicyclic amines) is 1. The summed E-state index contributed by atoms with van der Waals surface area (Å²) >= 11 is 0. The third-order valence-electron chi connectivity index (χ3n) is 4.24. The first-order valence-electron chi connectivity index (χ1n) is 8.96. The summed E-state index contributed by atoms with van der Waals surface area (Å²) < 4.78 is 79.8. The van der Waals surface area contributed by atoms with Crippen LogP contribution in [0.2, 0.25) is 0 Å². The van der Waals surface area contributed by atoms with E-state index in [1.54, 1.807) is 20.8 Å². The highest BCUT2D eigenvalue weighted by atomic mass is 19.4. The molecule has 0 unspecified atom stereocenters. The first-order valence-corrected chi connectivity index (χ1v) is 8.96. The van der Waals surface area contributed by atoms with Gasteiger partial charge in [0.15, 0.2) is 17.3 Å². The molecule has 6 nitrogen and oxygen atoms in total. The number of benzene rings is 1. The summed E-state index contributed by atoms with van der Waals surface area (Å²) in [7, 11) is 1.15. The molecule has 30 heavy (non-hydrogen) atoms. The monoisotopic (exact) mass is 439 g/mol. The predicted molar refractivity (Wildman–Crippen MR) is 94.2 cm³/mol. The van der Waals surface area contributed by atoms with Gasteiger partial charge in [-0.15, -0.1) is 13.2 Å². The van der Waals surface area contributed by atoms with Crippen molar-refractivity contribution in [2.24, 2.45) is 0 Å². The minimum absolute atomic E-state index is 0.400. The Kier molecular flexibility index (Phi) is 6.95. The van der Waals surface area contributed by atoms with E-state index in [4.69, 9.17) is 9.47 Å². The molecule has 0 aromatic heterocycles. The second-order valence-electron chi connectivity index (χ2n) is 7.71. The average molecular weight is 439 g/mol. The maximum absolute atomic E-state index is 14.4. The molecule has 0 spiro atoms. The first kappa shape index (κ1) is 23.8. The lowest BCUT2D eigenvalue weighted by atomic mass is 9.99. The molecule has 1 aromatic carbocycles. The van der Waals surface area contributed by atoms with Crippen LogP contribution in [0.25, 0.3) is 0 Å². The Labute approximate surface area is 169 Å². The highest BCUT2D eigenvalue weighted by molar-refractivity contribution is 5.90. The summed E-state index contributed by atoms with van der Waals surface area (Å²) in [4.78, 5) is 26.1. The molecule has 3 atom stereocenters. The van der Waals surface area contributed by atoms with Gasteiger partial charge in [0.05, 0.1) is 6.54 Å². The Hall–Kier alpha value is -2.43. The Morgan fingerprint density at radius 1 is 1.20 bits per heavy atom. The summed E-state index contributed by atoms with van der Waals surface area (Å²) in [6.07, 6.45) is -9.83. The van der Waals surface area contributed by atoms with E-state index in [2.05, 4.69) is 4.74 Å². The van der Waals surface area contributed by atoms with E-state index < -0.39 is 72.3 Å². The minimum Gasteiger partial charge on any atom is -0.444 e. The molecule has 0 bridgehead atoms. The van der Waals surface area contributed by atoms with E-state index in [-0.39, 0.29) is 0 Å². The number of ether oxygens (including phenoxy) is 3. The van der Waals surface area contributed by atoms with Gasteiger partial charge >= 0.3 is 12.5 Å². The summed E-state index contributed by atoms with van der Waals surface area (Å²) in [5, 5.41) is 0. The number of carbonyl (C=O) groups is 2. The lowest BCUT2D eigenvalue weighted by Gasteiger charge is -2.29. The highest BCUT2D eigenvalue weighted by Gasteiger charge is 2.49. The lowest BCUT2D eigenvalue weighted by Crippen LogP contribution is -2.48. The third-order valence-corrected chi connectivity index (χ3v) is 4.24. The Morgan fingerprint density at radius 2 is 1.83 bits per heavy atom. The molecule has 1 fully saturated rings. The van der Waals surface area contributed by atoms with Crippen LogP contribution >= 0.6 is 0 Å². The van der Waals surface area contributed by atoms with Crippen molar-refractivity contribution >= 4 is 11.9 Å². The van der Waals surface area contributed by atoms with E-state index in [1.807, 2.05) is 0 Å². The predicted octanol–water partition coefficient (Wildman–Crippen LogP) is 3.81. The smallest absolute Gasteiger partial charge is 0.444 e. The normalized spacial score (nSPS) is 22.2. The van der Waals surface area contributed by atoms with Gasteiger partial charge in [-0.25, -0.2) is 13.6 Å². The van der Waals surface area contributed by atoms with Gasteiger partial charge in [0, 0.05) is 13.5 Å². The molecule has 1 aliphatic rings. The van der Waals surface area contributed by atoms with E-state index in [9.17, 15) is 31.5 Å². The topological polar surface area (TPSA) is 65.1 Å². The molecule has 0 N–H and O–H groups in total. The van der Waals surface area contributed by atoms with Crippen molar-refractivity contribution in [2.75, 3.05) is 13.7 Å². The molecule has 11 heteroatoms. The van der Waals surface area contributed by atoms with Crippen molar-refractivity contribution in [3.63, 3.8) is 0 Å². The summed E-state index contributed by atoms with van der Waals surface area (Å²) in [6, 6.07) is 1.50. The van der Waals surface area contributed by atoms with Crippen LogP contribution in [0.3, 0.4) is 0 Å². The molecule has 0 saturated carbocycles. The van der Waals surface area contributed by atoms with Crippen molar-refractivity contribution in [1.82, 2.24) is 4.90 Å². The molecule has 0 aliphatic carbocycles. The first-order chi connectivity index (χ1) is 13.7. The molecule has 0 radical (unpaired) electrons. The zero-order chi connectivity index (χ0) is 22.9. The lowest BCUT2D eigenvalue weighted by molar-refractivity contribution is -0.275. The summed E-state index contributed by atoms with van der Waals surface area (Å²) in [5.41, 5.74) is -1.32. The number of hydrogen-bond acceptors (Lipinski definition) is 5. The maximum Gasteiger partial charge on any atom is 0.573 e. The second kappa shape index (κ2) is 8.75. The number of hydrogen-bond donors (Lipinski definition) is 0. The van der Waals surface area contributed by atoms with Crippen molar-refractivity contribution < 1.29 is 45.8 Å². The van der Waals surface area contributed by atoms with Crippen LogP contribution in [0.4, 0.5) is 26.7 Å². The number of halogens is 5. The number of methoxy groups -OCH3 is 1. The fourth-order valence-electron chi connectivity index (χ4n) is 3.11. The third kappa shape index (κ3) is 5.80. The standard InChI is InChI=1S/C19H22F5NO5/c1-18(2,3)30-17(27)25-9-11(20)16(28-4)15(25)12(26)8-10-6-5-7-13(14(10)21)29-19(22,23)24/h5-7,11,15-16H,8-9H2,1-4H3/t11-,15+,16+/m0/s1. The molecule has 1 saturated heterocycles. The van der Waals surface area contributed by atoms with Crippen molar-refractivity contribution in [2.45, 2.75) is 57.5 Å². The second-order valence-corrected chi connectivity index (χ2v) is 7.71. The van der Waals surface area contributed by atoms with Crippen LogP contribution in [0.5, 0.6) is 5.75 Å². The fourth-order valence-corrected chi connectivity index (χ4v) is 3.11. The molecule has 1 aliphatic heterocycles. The van der Waals surface area contributed by atoms with Gasteiger partial charge < -0.3 is 14.2 Å². The number of alkyl halides is 4. The van der Waals surface area contributed by atoms with Gasteiger partial charge in [0.2, 0.25) is 0 Å². The molecule has 1 heterocycles. The Bertz CT molecular complexity index is 793. The number of ketones is 1. The van der Waals surface area contributed by atoms with Gasteiger partial charge in [-0.2, -0.15) is 0 Å². The van der Waals surface area contributed by atoms with E-state index in [0.717, 1.165) is 30.2 Å². The van der Waals surface area contributed by atoms with Gasteiger partial charge in [-0.05, 0) is 32.4 Å². The average Bonchev–Trinajstić information content (AvgIpc) is 2.92. The number of nitrogens with zero attached hydrogens (tertiary/aromatic N) is 1. The largest absolute Gasteiger partial charge is 0.573 e. The van der Waals surface area contributed by atoms with Gasteiger partial charge in [0.1, 0.15) is 23.9 Å². The number of Topliss-reactive ketones (excluding diaryl/α,β-unsaturated/α-hetero) is 1. The number of carbonyl (C=O) groups excluding carboxylic acids is 2. The molecular weight excluding hydrogens is 417 g/mol. The van der Waals surface area contributed by atoms with Crippen LogP contribution in [0.1, 0.15) is 26.3 Å². The van der Waals surface area contributed by atoms with E-state index in [1.165, 1.54) is 0 Å². The van der Waals surface area contributed by atoms with E-state index in [0.29, 0.717) is 0 Å². The molecular formula is C19H22F5NO5. The minimum atomic E-state index is -5.12. The van der Waals surface area contributed by atoms with Crippen molar-refractivity contribution in [3.05, 3.63) is 29.6 Å². The van der Waals surface area contributed by atoms with Crippen LogP contribution in [-0.4, -0.2) is 60.7 Å². The number of amides is 1. The van der Waals surface area contributed by atoms with Gasteiger partial charge in [-0.3, -0.25) is 9.69 Å². The highest BCUT2D eigenvalue weighted by Crippen LogP contribution is 2.30. The number of rotatable bonds is 5. The van der Waals surface area contributed by atoms with Crippen molar-refractivity contribution in [3.8, 4) is 5.75 Å². The Balaban J connectivity index is 2.28. The fraction of sp³-hybridized carbons (Fsp3) is 0.579. The SMILES string of the molecule is CO[C@H]1[C@@H](C(=O)Cc2cccc(OC(F)(F)F)c2F)N(C(=O)OC(C)(C)C)C[C@@H]1F. The Morgan fingerprint density at radius 3 is 2.37 bits per heavy atom. The van der Waals surface area contributed by atoms with Crippen LogP contribution in [0.15, 0.2) is 18.2 Å². The quantitative estimate of drug-likeness (QED) is 0.653. The van der Waals surface area contributed by atoms with Crippen LogP contribution in [0, 0.1) is 5.82 Å². The zero-order valence-corrected chi connectivity index (χ0v) is 16.8. The maximum atomic E-state index is 14.4. The molecule has 168 valence electrons. The summed E-state index contributed by atoms with van der Waals surface area (Å²) in [6.45, 7) is 4.27.